The third-order valence-corrected chi connectivity index (χ3v) is 6.77. The van der Waals surface area contributed by atoms with Gasteiger partial charge in [0.2, 0.25) is 0 Å². The van der Waals surface area contributed by atoms with Crippen LogP contribution in [-0.4, -0.2) is 47.5 Å². The van der Waals surface area contributed by atoms with Crippen LogP contribution in [0, 0.1) is 6.92 Å². The lowest BCUT2D eigenvalue weighted by Gasteiger charge is -2.34. The Bertz CT molecular complexity index is 1080. The molecule has 0 aliphatic carbocycles. The molecule has 0 spiro atoms. The van der Waals surface area contributed by atoms with Crippen molar-refractivity contribution in [3.05, 3.63) is 71.9 Å². The fraction of sp³-hybridized carbons (Fsp3) is 0.346. The Kier molecular flexibility index (Phi) is 7.12. The first kappa shape index (κ1) is 23.4. The van der Waals surface area contributed by atoms with Crippen LogP contribution >= 0.6 is 11.8 Å². The summed E-state index contributed by atoms with van der Waals surface area (Å²) in [6.07, 6.45) is 2.08. The molecule has 2 aromatic carbocycles. The average Bonchev–Trinajstić information content (AvgIpc) is 3.20. The Hall–Kier alpha value is -2.74. The van der Waals surface area contributed by atoms with Crippen molar-refractivity contribution in [2.45, 2.75) is 37.0 Å². The molecule has 4 rings (SSSR count). The highest BCUT2D eigenvalue weighted by Crippen LogP contribution is 2.29. The number of aromatic nitrogens is 1. The second-order valence-electron chi connectivity index (χ2n) is 8.23. The van der Waals surface area contributed by atoms with Gasteiger partial charge in [0, 0.05) is 29.1 Å². The van der Waals surface area contributed by atoms with E-state index in [1.165, 1.54) is 28.8 Å². The Morgan fingerprint density at radius 1 is 1.09 bits per heavy atom. The number of hydrogen-bond donors (Lipinski definition) is 1. The molecule has 1 saturated heterocycles. The number of benzene rings is 2. The first-order valence-corrected chi connectivity index (χ1v) is 12.2. The standard InChI is InChI=1S/C26H29NO5S/c1-18-4-13-24(20-7-11-23(33-3)12-8-20)27(18)14-15-30-22-9-5-19(6-10-22)21-16-31-26(2,25(28)29)32-17-21/h4-13,21H,14-17H2,1-3H3,(H,28,29). The van der Waals surface area contributed by atoms with Crippen molar-refractivity contribution in [3.8, 4) is 17.0 Å². The van der Waals surface area contributed by atoms with Gasteiger partial charge < -0.3 is 23.9 Å². The van der Waals surface area contributed by atoms with Crippen molar-refractivity contribution in [2.24, 2.45) is 0 Å². The molecule has 7 heteroatoms. The van der Waals surface area contributed by atoms with Gasteiger partial charge in [-0.25, -0.2) is 4.79 Å². The normalized spacial score (nSPS) is 20.5. The molecule has 2 heterocycles. The van der Waals surface area contributed by atoms with Gasteiger partial charge in [-0.1, -0.05) is 24.3 Å². The minimum Gasteiger partial charge on any atom is -0.492 e. The molecule has 1 aromatic heterocycles. The van der Waals surface area contributed by atoms with Crippen molar-refractivity contribution in [3.63, 3.8) is 0 Å². The number of thioether (sulfide) groups is 1. The zero-order valence-electron chi connectivity index (χ0n) is 19.1. The fourth-order valence-corrected chi connectivity index (χ4v) is 4.30. The summed E-state index contributed by atoms with van der Waals surface area (Å²) in [5.41, 5.74) is 4.61. The lowest BCUT2D eigenvalue weighted by molar-refractivity contribution is -0.262. The summed E-state index contributed by atoms with van der Waals surface area (Å²) in [5.74, 6) is -1.88. The molecular weight excluding hydrogens is 438 g/mol. The molecule has 0 radical (unpaired) electrons. The second kappa shape index (κ2) is 10.0. The van der Waals surface area contributed by atoms with Crippen LogP contribution in [0.25, 0.3) is 11.3 Å². The van der Waals surface area contributed by atoms with Crippen LogP contribution in [-0.2, 0) is 20.8 Å². The largest absolute Gasteiger partial charge is 0.492 e. The summed E-state index contributed by atoms with van der Waals surface area (Å²) in [4.78, 5) is 12.5. The van der Waals surface area contributed by atoms with Crippen LogP contribution in [0.4, 0.5) is 0 Å². The smallest absolute Gasteiger partial charge is 0.364 e. The molecule has 0 atom stereocenters. The van der Waals surface area contributed by atoms with Crippen molar-refractivity contribution >= 4 is 17.7 Å². The van der Waals surface area contributed by atoms with E-state index in [9.17, 15) is 9.90 Å². The number of aryl methyl sites for hydroxylation is 1. The molecule has 1 fully saturated rings. The predicted molar refractivity (Wildman–Crippen MR) is 129 cm³/mol. The highest BCUT2D eigenvalue weighted by molar-refractivity contribution is 7.98. The number of carboxylic acid groups (broad SMARTS) is 1. The van der Waals surface area contributed by atoms with Gasteiger partial charge in [-0.3, -0.25) is 0 Å². The van der Waals surface area contributed by atoms with Gasteiger partial charge in [-0.05, 0) is 60.7 Å². The van der Waals surface area contributed by atoms with E-state index in [1.807, 2.05) is 24.3 Å². The van der Waals surface area contributed by atoms with Crippen LogP contribution in [0.3, 0.4) is 0 Å². The van der Waals surface area contributed by atoms with E-state index in [4.69, 9.17) is 14.2 Å². The number of carboxylic acids is 1. The molecule has 0 unspecified atom stereocenters. The van der Waals surface area contributed by atoms with E-state index in [2.05, 4.69) is 54.1 Å². The summed E-state index contributed by atoms with van der Waals surface area (Å²) < 4.78 is 19.2. The van der Waals surface area contributed by atoms with Crippen LogP contribution in [0.15, 0.2) is 65.6 Å². The summed E-state index contributed by atoms with van der Waals surface area (Å²) in [6, 6.07) is 20.7. The third-order valence-electron chi connectivity index (χ3n) is 6.03. The summed E-state index contributed by atoms with van der Waals surface area (Å²) in [6.45, 7) is 5.45. The van der Waals surface area contributed by atoms with Gasteiger partial charge >= 0.3 is 5.97 Å². The fourth-order valence-electron chi connectivity index (χ4n) is 3.90. The first-order valence-electron chi connectivity index (χ1n) is 10.9. The van der Waals surface area contributed by atoms with E-state index < -0.39 is 11.8 Å². The van der Waals surface area contributed by atoms with Crippen LogP contribution in [0.1, 0.15) is 24.1 Å². The monoisotopic (exact) mass is 467 g/mol. The maximum Gasteiger partial charge on any atom is 0.364 e. The molecule has 1 aliphatic rings. The molecule has 0 saturated carbocycles. The molecule has 1 aliphatic heterocycles. The molecule has 0 amide bonds. The second-order valence-corrected chi connectivity index (χ2v) is 9.11. The van der Waals surface area contributed by atoms with Crippen molar-refractivity contribution in [1.29, 1.82) is 0 Å². The minimum absolute atomic E-state index is 0.00551. The number of aliphatic carboxylic acids is 1. The molecule has 174 valence electrons. The number of carbonyl (C=O) groups is 1. The Labute approximate surface area is 198 Å². The number of ether oxygens (including phenoxy) is 3. The number of rotatable bonds is 8. The van der Waals surface area contributed by atoms with Crippen molar-refractivity contribution in [1.82, 2.24) is 4.57 Å². The predicted octanol–water partition coefficient (Wildman–Crippen LogP) is 5.20. The lowest BCUT2D eigenvalue weighted by Crippen LogP contribution is -2.47. The van der Waals surface area contributed by atoms with E-state index >= 15 is 0 Å². The zero-order valence-corrected chi connectivity index (χ0v) is 19.9. The quantitative estimate of drug-likeness (QED) is 0.460. The van der Waals surface area contributed by atoms with E-state index in [0.717, 1.165) is 17.9 Å². The van der Waals surface area contributed by atoms with Crippen LogP contribution < -0.4 is 4.74 Å². The maximum absolute atomic E-state index is 11.2. The number of nitrogens with zero attached hydrogens (tertiary/aromatic N) is 1. The van der Waals surface area contributed by atoms with E-state index in [1.54, 1.807) is 11.8 Å². The van der Waals surface area contributed by atoms with Crippen LogP contribution in [0.5, 0.6) is 5.75 Å². The maximum atomic E-state index is 11.2. The first-order chi connectivity index (χ1) is 15.9. The Morgan fingerprint density at radius 2 is 1.76 bits per heavy atom. The van der Waals surface area contributed by atoms with Crippen molar-refractivity contribution < 1.29 is 24.1 Å². The molecule has 3 aromatic rings. The minimum atomic E-state index is -1.56. The highest BCUT2D eigenvalue weighted by atomic mass is 32.2. The summed E-state index contributed by atoms with van der Waals surface area (Å²) in [5, 5.41) is 9.19. The molecule has 0 bridgehead atoms. The lowest BCUT2D eigenvalue weighted by atomic mass is 9.99. The van der Waals surface area contributed by atoms with Gasteiger partial charge in [-0.2, -0.15) is 0 Å². The zero-order chi connectivity index (χ0) is 23.4. The highest BCUT2D eigenvalue weighted by Gasteiger charge is 2.40. The third kappa shape index (κ3) is 5.27. The summed E-state index contributed by atoms with van der Waals surface area (Å²) >= 11 is 1.74. The molecule has 33 heavy (non-hydrogen) atoms. The summed E-state index contributed by atoms with van der Waals surface area (Å²) in [7, 11) is 0. The van der Waals surface area contributed by atoms with Gasteiger partial charge in [0.15, 0.2) is 0 Å². The number of hydrogen-bond acceptors (Lipinski definition) is 5. The van der Waals surface area contributed by atoms with Gasteiger partial charge in [0.25, 0.3) is 5.79 Å². The Morgan fingerprint density at radius 3 is 2.36 bits per heavy atom. The van der Waals surface area contributed by atoms with Crippen molar-refractivity contribution in [2.75, 3.05) is 26.1 Å². The van der Waals surface area contributed by atoms with E-state index in [0.29, 0.717) is 19.8 Å². The van der Waals surface area contributed by atoms with Gasteiger partial charge in [-0.15, -0.1) is 11.8 Å². The van der Waals surface area contributed by atoms with Gasteiger partial charge in [0.1, 0.15) is 12.4 Å². The van der Waals surface area contributed by atoms with Gasteiger partial charge in [0.05, 0.1) is 19.8 Å². The average molecular weight is 468 g/mol. The SMILES string of the molecule is CSc1ccc(-c2ccc(C)n2CCOc2ccc(C3COC(C)(C(=O)O)OC3)cc2)cc1. The molecule has 6 nitrogen and oxygen atoms in total. The molecular formula is C26H29NO5S. The topological polar surface area (TPSA) is 69.9 Å². The molecule has 1 N–H and O–H groups in total. The van der Waals surface area contributed by atoms with Crippen LogP contribution in [0.2, 0.25) is 0 Å². The Balaban J connectivity index is 1.34. The van der Waals surface area contributed by atoms with E-state index in [-0.39, 0.29) is 5.92 Å².